The second-order valence-corrected chi connectivity index (χ2v) is 6.17. The molecule has 0 saturated heterocycles. The van der Waals surface area contributed by atoms with Crippen LogP contribution in [0.15, 0.2) is 0 Å². The molecule has 2 N–H and O–H groups in total. The summed E-state index contributed by atoms with van der Waals surface area (Å²) in [4.78, 5) is 17.8. The van der Waals surface area contributed by atoms with E-state index >= 15 is 0 Å². The maximum absolute atomic E-state index is 11.9. The zero-order valence-electron chi connectivity index (χ0n) is 11.5. The van der Waals surface area contributed by atoms with Crippen LogP contribution in [0.2, 0.25) is 0 Å². The molecule has 0 atom stereocenters. The van der Waals surface area contributed by atoms with Gasteiger partial charge in [-0.05, 0) is 18.8 Å². The minimum Gasteiger partial charge on any atom is -0.393 e. The number of carbonyl (C=O) groups excluding carboxylic acids is 1. The molecule has 0 spiro atoms. The number of rotatable bonds is 4. The molecule has 0 aliphatic heterocycles. The van der Waals surface area contributed by atoms with Crippen LogP contribution < -0.4 is 5.32 Å². The number of aliphatic hydroxyl groups excluding tert-OH is 1. The van der Waals surface area contributed by atoms with E-state index in [4.69, 9.17) is 0 Å². The van der Waals surface area contributed by atoms with Gasteiger partial charge < -0.3 is 10.0 Å². The van der Waals surface area contributed by atoms with Gasteiger partial charge in [-0.25, -0.2) is 9.78 Å². The minimum atomic E-state index is -0.182. The fourth-order valence-corrected chi connectivity index (χ4v) is 2.73. The van der Waals surface area contributed by atoms with Crippen LogP contribution in [0.25, 0.3) is 0 Å². The average molecular weight is 284 g/mol. The highest BCUT2D eigenvalue weighted by Crippen LogP contribution is 2.27. The number of amides is 2. The van der Waals surface area contributed by atoms with Crippen LogP contribution in [0.4, 0.5) is 9.93 Å². The molecule has 1 saturated carbocycles. The van der Waals surface area contributed by atoms with Crippen molar-refractivity contribution < 1.29 is 9.90 Å². The van der Waals surface area contributed by atoms with Crippen molar-refractivity contribution in [2.75, 3.05) is 18.9 Å². The SMILES string of the molecule is CC(C)c1nsc(NC(=O)N(C)CC2CC(O)C2)n1. The summed E-state index contributed by atoms with van der Waals surface area (Å²) < 4.78 is 4.19. The number of nitrogens with one attached hydrogen (secondary N) is 1. The van der Waals surface area contributed by atoms with Crippen molar-refractivity contribution >= 4 is 22.7 Å². The summed E-state index contributed by atoms with van der Waals surface area (Å²) in [5.74, 6) is 1.42. The van der Waals surface area contributed by atoms with Gasteiger partial charge in [-0.1, -0.05) is 13.8 Å². The smallest absolute Gasteiger partial charge is 0.323 e. The molecule has 1 aromatic heterocycles. The van der Waals surface area contributed by atoms with E-state index < -0.39 is 0 Å². The van der Waals surface area contributed by atoms with Crippen molar-refractivity contribution in [3.8, 4) is 0 Å². The Morgan fingerprint density at radius 2 is 2.26 bits per heavy atom. The Labute approximate surface area is 117 Å². The molecule has 106 valence electrons. The highest BCUT2D eigenvalue weighted by atomic mass is 32.1. The lowest BCUT2D eigenvalue weighted by molar-refractivity contribution is 0.0332. The van der Waals surface area contributed by atoms with Crippen LogP contribution in [0.3, 0.4) is 0 Å². The third kappa shape index (κ3) is 3.63. The van der Waals surface area contributed by atoms with Gasteiger partial charge in [-0.3, -0.25) is 5.32 Å². The standard InChI is InChI=1S/C12H20N4O2S/c1-7(2)10-13-11(19-15-10)14-12(18)16(3)6-8-4-9(17)5-8/h7-9,17H,4-6H2,1-3H3,(H,13,14,15,18). The largest absolute Gasteiger partial charge is 0.393 e. The first-order chi connectivity index (χ1) is 8.95. The normalized spacial score (nSPS) is 22.2. The molecule has 19 heavy (non-hydrogen) atoms. The zero-order chi connectivity index (χ0) is 14.0. The summed E-state index contributed by atoms with van der Waals surface area (Å²) in [5.41, 5.74) is 0. The monoisotopic (exact) mass is 284 g/mol. The van der Waals surface area contributed by atoms with Crippen molar-refractivity contribution in [3.63, 3.8) is 0 Å². The number of hydrogen-bond donors (Lipinski definition) is 2. The average Bonchev–Trinajstić information content (AvgIpc) is 2.75. The number of anilines is 1. The molecule has 2 rings (SSSR count). The molecule has 0 radical (unpaired) electrons. The molecule has 7 heteroatoms. The second kappa shape index (κ2) is 5.83. The quantitative estimate of drug-likeness (QED) is 0.885. The van der Waals surface area contributed by atoms with Crippen LogP contribution in [0.5, 0.6) is 0 Å². The van der Waals surface area contributed by atoms with Gasteiger partial charge in [0.05, 0.1) is 6.10 Å². The molecular weight excluding hydrogens is 264 g/mol. The van der Waals surface area contributed by atoms with Gasteiger partial charge in [0.25, 0.3) is 0 Å². The van der Waals surface area contributed by atoms with Crippen molar-refractivity contribution in [2.24, 2.45) is 5.92 Å². The van der Waals surface area contributed by atoms with Gasteiger partial charge in [0, 0.05) is 31.0 Å². The zero-order valence-corrected chi connectivity index (χ0v) is 12.3. The third-order valence-corrected chi connectivity index (χ3v) is 3.91. The van der Waals surface area contributed by atoms with E-state index in [2.05, 4.69) is 14.7 Å². The maximum Gasteiger partial charge on any atom is 0.323 e. The number of aliphatic hydroxyl groups is 1. The van der Waals surface area contributed by atoms with Crippen molar-refractivity contribution in [1.82, 2.24) is 14.3 Å². The Balaban J connectivity index is 1.82. The lowest BCUT2D eigenvalue weighted by Gasteiger charge is -2.34. The number of hydrogen-bond acceptors (Lipinski definition) is 5. The van der Waals surface area contributed by atoms with Crippen LogP contribution >= 0.6 is 11.5 Å². The molecule has 6 nitrogen and oxygen atoms in total. The molecular formula is C12H20N4O2S. The van der Waals surface area contributed by atoms with Crippen LogP contribution in [-0.2, 0) is 0 Å². The molecule has 1 fully saturated rings. The highest BCUT2D eigenvalue weighted by Gasteiger charge is 2.29. The first kappa shape index (κ1) is 14.2. The van der Waals surface area contributed by atoms with Crippen molar-refractivity contribution in [1.29, 1.82) is 0 Å². The summed E-state index contributed by atoms with van der Waals surface area (Å²) in [6, 6.07) is -0.173. The van der Waals surface area contributed by atoms with Crippen LogP contribution in [-0.4, -0.2) is 45.1 Å². The van der Waals surface area contributed by atoms with Gasteiger partial charge in [-0.15, -0.1) is 0 Å². The topological polar surface area (TPSA) is 78.4 Å². The van der Waals surface area contributed by atoms with E-state index in [1.54, 1.807) is 11.9 Å². The van der Waals surface area contributed by atoms with Gasteiger partial charge in [0.1, 0.15) is 5.82 Å². The van der Waals surface area contributed by atoms with Crippen LogP contribution in [0.1, 0.15) is 38.4 Å². The summed E-state index contributed by atoms with van der Waals surface area (Å²) in [7, 11) is 1.75. The molecule has 2 amide bonds. The Morgan fingerprint density at radius 1 is 1.58 bits per heavy atom. The van der Waals surface area contributed by atoms with E-state index in [1.165, 1.54) is 11.5 Å². The lowest BCUT2D eigenvalue weighted by Crippen LogP contribution is -2.41. The molecule has 0 bridgehead atoms. The van der Waals surface area contributed by atoms with Gasteiger partial charge in [0.2, 0.25) is 5.13 Å². The number of urea groups is 1. The van der Waals surface area contributed by atoms with Gasteiger partial charge >= 0.3 is 6.03 Å². The fourth-order valence-electron chi connectivity index (χ4n) is 2.03. The Hall–Kier alpha value is -1.21. The Morgan fingerprint density at radius 3 is 2.79 bits per heavy atom. The first-order valence-electron chi connectivity index (χ1n) is 6.49. The first-order valence-corrected chi connectivity index (χ1v) is 7.26. The molecule has 0 unspecified atom stereocenters. The predicted molar refractivity (Wildman–Crippen MR) is 74.4 cm³/mol. The molecule has 0 aromatic carbocycles. The fraction of sp³-hybridized carbons (Fsp3) is 0.750. The summed E-state index contributed by atoms with van der Waals surface area (Å²) in [5, 5.41) is 12.5. The van der Waals surface area contributed by atoms with Crippen LogP contribution in [0, 0.1) is 5.92 Å². The summed E-state index contributed by atoms with van der Waals surface area (Å²) in [6.07, 6.45) is 1.39. The summed E-state index contributed by atoms with van der Waals surface area (Å²) >= 11 is 1.20. The van der Waals surface area contributed by atoms with E-state index in [1.807, 2.05) is 13.8 Å². The summed E-state index contributed by atoms with van der Waals surface area (Å²) in [6.45, 7) is 4.70. The predicted octanol–water partition coefficient (Wildman–Crippen LogP) is 1.90. The van der Waals surface area contributed by atoms with Gasteiger partial charge in [-0.2, -0.15) is 4.37 Å². The van der Waals surface area contributed by atoms with Crippen molar-refractivity contribution in [3.05, 3.63) is 5.82 Å². The molecule has 1 aromatic rings. The van der Waals surface area contributed by atoms with E-state index in [0.29, 0.717) is 17.6 Å². The minimum absolute atomic E-state index is 0.173. The van der Waals surface area contributed by atoms with E-state index in [0.717, 1.165) is 18.7 Å². The highest BCUT2D eigenvalue weighted by molar-refractivity contribution is 7.09. The lowest BCUT2D eigenvalue weighted by atomic mass is 9.82. The van der Waals surface area contributed by atoms with E-state index in [9.17, 15) is 9.90 Å². The van der Waals surface area contributed by atoms with Gasteiger partial charge in [0.15, 0.2) is 0 Å². The Kier molecular flexibility index (Phi) is 4.36. The second-order valence-electron chi connectivity index (χ2n) is 5.41. The number of nitrogens with zero attached hydrogens (tertiary/aromatic N) is 3. The molecule has 1 heterocycles. The maximum atomic E-state index is 11.9. The van der Waals surface area contributed by atoms with Crippen molar-refractivity contribution in [2.45, 2.75) is 38.7 Å². The van der Waals surface area contributed by atoms with E-state index in [-0.39, 0.29) is 18.1 Å². The molecule has 1 aliphatic rings. The third-order valence-electron chi connectivity index (χ3n) is 3.26. The Bertz CT molecular complexity index is 443. The number of carbonyl (C=O) groups is 1. The number of aromatic nitrogens is 2. The molecule has 1 aliphatic carbocycles.